The fourth-order valence-electron chi connectivity index (χ4n) is 1.69. The average Bonchev–Trinajstić information content (AvgIpc) is 2.74. The lowest BCUT2D eigenvalue weighted by Crippen LogP contribution is -2.47. The largest absolute Gasteiger partial charge is 0.404 e. The molecule has 0 spiro atoms. The monoisotopic (exact) mass is 356 g/mol. The number of nitrogens with zero attached hydrogens (tertiary/aromatic N) is 3. The molecule has 1 N–H and O–H groups in total. The average molecular weight is 357 g/mol. The number of hydrogen-bond acceptors (Lipinski definition) is 4. The van der Waals surface area contributed by atoms with Gasteiger partial charge in [-0.1, -0.05) is 12.8 Å². The normalized spacial score (nSPS) is 14.9. The van der Waals surface area contributed by atoms with Crippen LogP contribution in [-0.2, 0) is 4.79 Å². The second-order valence-corrected chi connectivity index (χ2v) is 5.71. The van der Waals surface area contributed by atoms with Gasteiger partial charge in [0, 0.05) is 0 Å². The minimum atomic E-state index is -0.754. The van der Waals surface area contributed by atoms with Crippen LogP contribution in [0.15, 0.2) is 4.47 Å². The van der Waals surface area contributed by atoms with Gasteiger partial charge in [-0.05, 0) is 48.0 Å². The van der Waals surface area contributed by atoms with Gasteiger partial charge >= 0.3 is 5.82 Å². The Bertz CT molecular complexity index is 620. The zero-order valence-electron chi connectivity index (χ0n) is 12.3. The van der Waals surface area contributed by atoms with E-state index in [1.165, 1.54) is 4.68 Å². The molecule has 0 fully saturated rings. The first-order valence-corrected chi connectivity index (χ1v) is 7.15. The maximum Gasteiger partial charge on any atom is 0.404 e. The summed E-state index contributed by atoms with van der Waals surface area (Å²) in [5.74, 6) is 1.88. The second-order valence-electron chi connectivity index (χ2n) is 4.92. The first kappa shape index (κ1) is 17.2. The molecule has 0 saturated heterocycles. The molecule has 0 saturated carbocycles. The molecule has 0 aliphatic carbocycles. The summed E-state index contributed by atoms with van der Waals surface area (Å²) in [6.07, 6.45) is 5.99. The predicted octanol–water partition coefficient (Wildman–Crippen LogP) is 2.34. The third-order valence-electron chi connectivity index (χ3n) is 3.40. The Kier molecular flexibility index (Phi) is 5.12. The first-order chi connectivity index (χ1) is 9.66. The standard InChI is InChI=1S/C13H17BrN4O3/c1-6-13(5,7-2)15-12(19)9(4)17-8(3)10(14)11(16-17)18(20)21/h1,9H,7H2,2-5H3,(H,15,19)/t9-,13+/m1/s1. The number of terminal acetylenes is 1. The van der Waals surface area contributed by atoms with Crippen molar-refractivity contribution in [3.05, 3.63) is 20.3 Å². The SMILES string of the molecule is C#C[C@@](C)(CC)NC(=O)[C@@H](C)n1nc([N+](=O)[O-])c(Br)c1C. The number of halogens is 1. The highest BCUT2D eigenvalue weighted by molar-refractivity contribution is 9.10. The maximum atomic E-state index is 12.3. The third kappa shape index (κ3) is 3.42. The molecule has 7 nitrogen and oxygen atoms in total. The number of carbonyl (C=O) groups is 1. The van der Waals surface area contributed by atoms with Gasteiger partial charge in [0.15, 0.2) is 0 Å². The summed E-state index contributed by atoms with van der Waals surface area (Å²) in [7, 11) is 0. The Morgan fingerprint density at radius 2 is 2.29 bits per heavy atom. The summed E-state index contributed by atoms with van der Waals surface area (Å²) in [5.41, 5.74) is -0.251. The number of nitrogens with one attached hydrogen (secondary N) is 1. The molecule has 1 rings (SSSR count). The molecule has 2 atom stereocenters. The van der Waals surface area contributed by atoms with E-state index in [2.05, 4.69) is 32.3 Å². The van der Waals surface area contributed by atoms with Gasteiger partial charge in [-0.3, -0.25) is 4.79 Å². The molecule has 0 bridgehead atoms. The van der Waals surface area contributed by atoms with Crippen molar-refractivity contribution in [2.75, 3.05) is 0 Å². The fraction of sp³-hybridized carbons (Fsp3) is 0.538. The van der Waals surface area contributed by atoms with E-state index in [0.29, 0.717) is 12.1 Å². The van der Waals surface area contributed by atoms with Crippen LogP contribution in [0.4, 0.5) is 5.82 Å². The van der Waals surface area contributed by atoms with Gasteiger partial charge in [-0.2, -0.15) is 4.68 Å². The Hall–Kier alpha value is -1.88. The molecular formula is C13H17BrN4O3. The van der Waals surface area contributed by atoms with Gasteiger partial charge in [0.2, 0.25) is 5.91 Å². The summed E-state index contributed by atoms with van der Waals surface area (Å²) in [4.78, 5) is 22.5. The Morgan fingerprint density at radius 3 is 2.67 bits per heavy atom. The van der Waals surface area contributed by atoms with Crippen molar-refractivity contribution in [3.8, 4) is 12.3 Å². The van der Waals surface area contributed by atoms with Crippen molar-refractivity contribution in [2.24, 2.45) is 0 Å². The molecular weight excluding hydrogens is 340 g/mol. The molecule has 114 valence electrons. The number of hydrogen-bond donors (Lipinski definition) is 1. The van der Waals surface area contributed by atoms with Crippen LogP contribution in [0.1, 0.15) is 38.9 Å². The molecule has 0 unspecified atom stereocenters. The van der Waals surface area contributed by atoms with Crippen molar-refractivity contribution in [1.29, 1.82) is 0 Å². The third-order valence-corrected chi connectivity index (χ3v) is 4.33. The van der Waals surface area contributed by atoms with E-state index in [1.54, 1.807) is 20.8 Å². The van der Waals surface area contributed by atoms with Gasteiger partial charge < -0.3 is 15.4 Å². The summed E-state index contributed by atoms with van der Waals surface area (Å²) in [6.45, 7) is 6.86. The van der Waals surface area contributed by atoms with Crippen LogP contribution in [-0.4, -0.2) is 26.1 Å². The van der Waals surface area contributed by atoms with Crippen molar-refractivity contribution in [1.82, 2.24) is 15.1 Å². The summed E-state index contributed by atoms with van der Waals surface area (Å²) in [6, 6.07) is -0.714. The number of rotatable bonds is 5. The van der Waals surface area contributed by atoms with Gasteiger partial charge in [0.05, 0.1) is 16.3 Å². The molecule has 1 heterocycles. The first-order valence-electron chi connectivity index (χ1n) is 6.35. The zero-order chi connectivity index (χ0) is 16.4. The van der Waals surface area contributed by atoms with E-state index in [4.69, 9.17) is 6.42 Å². The van der Waals surface area contributed by atoms with Gasteiger partial charge in [-0.25, -0.2) is 0 Å². The zero-order valence-corrected chi connectivity index (χ0v) is 13.9. The number of carbonyl (C=O) groups excluding carboxylic acids is 1. The van der Waals surface area contributed by atoms with Crippen molar-refractivity contribution >= 4 is 27.7 Å². The van der Waals surface area contributed by atoms with E-state index < -0.39 is 16.5 Å². The minimum absolute atomic E-state index is 0.266. The van der Waals surface area contributed by atoms with Crippen LogP contribution >= 0.6 is 15.9 Å². The molecule has 1 aromatic rings. The quantitative estimate of drug-likeness (QED) is 0.498. The van der Waals surface area contributed by atoms with Crippen molar-refractivity contribution < 1.29 is 9.72 Å². The molecule has 1 amide bonds. The van der Waals surface area contributed by atoms with Crippen LogP contribution in [0.25, 0.3) is 0 Å². The van der Waals surface area contributed by atoms with E-state index in [1.807, 2.05) is 6.92 Å². The summed E-state index contributed by atoms with van der Waals surface area (Å²) >= 11 is 3.12. The van der Waals surface area contributed by atoms with Crippen LogP contribution in [0.2, 0.25) is 0 Å². The lowest BCUT2D eigenvalue weighted by Gasteiger charge is -2.25. The van der Waals surface area contributed by atoms with Gasteiger partial charge in [0.25, 0.3) is 0 Å². The van der Waals surface area contributed by atoms with Crippen LogP contribution < -0.4 is 5.32 Å². The molecule has 0 radical (unpaired) electrons. The minimum Gasteiger partial charge on any atom is -0.358 e. The topological polar surface area (TPSA) is 90.1 Å². The van der Waals surface area contributed by atoms with Crippen LogP contribution in [0, 0.1) is 29.4 Å². The van der Waals surface area contributed by atoms with E-state index in [9.17, 15) is 14.9 Å². The van der Waals surface area contributed by atoms with E-state index >= 15 is 0 Å². The lowest BCUT2D eigenvalue weighted by molar-refractivity contribution is -0.390. The second kappa shape index (κ2) is 6.26. The van der Waals surface area contributed by atoms with E-state index in [0.717, 1.165) is 0 Å². The fourth-order valence-corrected chi connectivity index (χ4v) is 2.10. The highest BCUT2D eigenvalue weighted by Gasteiger charge is 2.31. The number of aromatic nitrogens is 2. The molecule has 0 aliphatic heterocycles. The number of amides is 1. The van der Waals surface area contributed by atoms with Crippen molar-refractivity contribution in [3.63, 3.8) is 0 Å². The Balaban J connectivity index is 3.07. The summed E-state index contributed by atoms with van der Waals surface area (Å²) < 4.78 is 1.58. The smallest absolute Gasteiger partial charge is 0.358 e. The van der Waals surface area contributed by atoms with Gasteiger partial charge in [0.1, 0.15) is 10.5 Å². The predicted molar refractivity (Wildman–Crippen MR) is 81.7 cm³/mol. The van der Waals surface area contributed by atoms with Crippen molar-refractivity contribution in [2.45, 2.75) is 45.7 Å². The summed E-state index contributed by atoms with van der Waals surface area (Å²) in [5, 5.41) is 17.5. The molecule has 1 aromatic heterocycles. The highest BCUT2D eigenvalue weighted by atomic mass is 79.9. The molecule has 0 aliphatic rings. The Morgan fingerprint density at radius 1 is 1.71 bits per heavy atom. The molecule has 0 aromatic carbocycles. The van der Waals surface area contributed by atoms with Crippen LogP contribution in [0.3, 0.4) is 0 Å². The number of nitro groups is 1. The lowest BCUT2D eigenvalue weighted by atomic mass is 10.00. The van der Waals surface area contributed by atoms with Gasteiger partial charge in [-0.15, -0.1) is 6.42 Å². The Labute approximate surface area is 131 Å². The maximum absolute atomic E-state index is 12.3. The molecule has 8 heteroatoms. The van der Waals surface area contributed by atoms with E-state index in [-0.39, 0.29) is 16.2 Å². The molecule has 21 heavy (non-hydrogen) atoms. The highest BCUT2D eigenvalue weighted by Crippen LogP contribution is 2.29. The van der Waals surface area contributed by atoms with Crippen LogP contribution in [0.5, 0.6) is 0 Å².